The van der Waals surface area contributed by atoms with Gasteiger partial charge in [-0.2, -0.15) is 0 Å². The molecule has 0 bridgehead atoms. The molecule has 4 rings (SSSR count). The van der Waals surface area contributed by atoms with E-state index >= 15 is 0 Å². The number of likely N-dealkylation sites (N-methyl/N-ethyl adjacent to an activating group) is 2. The van der Waals surface area contributed by atoms with Crippen molar-refractivity contribution in [3.05, 3.63) is 63.6 Å². The average Bonchev–Trinajstić information content (AvgIpc) is 3.08. The van der Waals surface area contributed by atoms with Gasteiger partial charge in [0.15, 0.2) is 0 Å². The van der Waals surface area contributed by atoms with Crippen LogP contribution in [0.15, 0.2) is 42.5 Å². The van der Waals surface area contributed by atoms with E-state index in [0.29, 0.717) is 27.8 Å². The van der Waals surface area contributed by atoms with Crippen LogP contribution in [0.1, 0.15) is 35.7 Å². The van der Waals surface area contributed by atoms with Gasteiger partial charge in [0.1, 0.15) is 0 Å². The van der Waals surface area contributed by atoms with E-state index in [4.69, 9.17) is 23.2 Å². The first-order valence-electron chi connectivity index (χ1n) is 9.74. The molecule has 1 atom stereocenters. The Morgan fingerprint density at radius 2 is 1.87 bits per heavy atom. The van der Waals surface area contributed by atoms with Crippen molar-refractivity contribution in [2.75, 3.05) is 18.5 Å². The van der Waals surface area contributed by atoms with Crippen LogP contribution in [-0.4, -0.2) is 46.8 Å². The van der Waals surface area contributed by atoms with Crippen LogP contribution >= 0.6 is 23.2 Å². The number of hydrogen-bond acceptors (Lipinski definition) is 3. The Hall–Kier alpha value is -2.57. The van der Waals surface area contributed by atoms with Crippen LogP contribution in [0.25, 0.3) is 0 Å². The molecule has 2 aromatic carbocycles. The quantitative estimate of drug-likeness (QED) is 0.715. The predicted molar refractivity (Wildman–Crippen MR) is 116 cm³/mol. The first-order chi connectivity index (χ1) is 14.3. The van der Waals surface area contributed by atoms with Gasteiger partial charge in [-0.3, -0.25) is 19.3 Å². The van der Waals surface area contributed by atoms with Gasteiger partial charge in [0.25, 0.3) is 11.8 Å². The fraction of sp³-hybridized carbons (Fsp3) is 0.318. The number of hydrogen-bond donors (Lipinski definition) is 0. The van der Waals surface area contributed by atoms with Crippen LogP contribution in [0.4, 0.5) is 5.69 Å². The molecule has 0 spiro atoms. The summed E-state index contributed by atoms with van der Waals surface area (Å²) >= 11 is 12.1. The van der Waals surface area contributed by atoms with Crippen molar-refractivity contribution >= 4 is 46.6 Å². The lowest BCUT2D eigenvalue weighted by Crippen LogP contribution is -2.70. The normalized spacial score (nSPS) is 20.3. The van der Waals surface area contributed by atoms with Gasteiger partial charge >= 0.3 is 0 Å². The molecule has 3 amide bonds. The van der Waals surface area contributed by atoms with Crippen LogP contribution in [0.5, 0.6) is 0 Å². The highest BCUT2D eigenvalue weighted by molar-refractivity contribution is 6.42. The number of nitrogens with zero attached hydrogens (tertiary/aromatic N) is 3. The van der Waals surface area contributed by atoms with Crippen LogP contribution in [0.3, 0.4) is 0 Å². The first-order valence-corrected chi connectivity index (χ1v) is 10.5. The van der Waals surface area contributed by atoms with Crippen LogP contribution in [0, 0.1) is 0 Å². The Kier molecular flexibility index (Phi) is 5.24. The van der Waals surface area contributed by atoms with Crippen LogP contribution in [-0.2, 0) is 16.1 Å². The minimum absolute atomic E-state index is 0.162. The molecule has 2 aliphatic heterocycles. The molecule has 0 aliphatic carbocycles. The van der Waals surface area contributed by atoms with Crippen molar-refractivity contribution in [3.8, 4) is 0 Å². The van der Waals surface area contributed by atoms with Crippen LogP contribution in [0.2, 0.25) is 10.0 Å². The maximum Gasteiger partial charge on any atom is 0.270 e. The van der Waals surface area contributed by atoms with E-state index < -0.39 is 5.66 Å². The molecule has 2 heterocycles. The molecule has 1 unspecified atom stereocenters. The molecule has 1 fully saturated rings. The molecule has 156 valence electrons. The van der Waals surface area contributed by atoms with Gasteiger partial charge < -0.3 is 9.80 Å². The third-order valence-corrected chi connectivity index (χ3v) is 6.52. The molecule has 1 saturated heterocycles. The third-order valence-electron chi connectivity index (χ3n) is 5.78. The summed E-state index contributed by atoms with van der Waals surface area (Å²) in [5.74, 6) is -0.704. The number of rotatable bonds is 4. The molecule has 2 aromatic rings. The fourth-order valence-corrected chi connectivity index (χ4v) is 4.80. The number of anilines is 1. The summed E-state index contributed by atoms with van der Waals surface area (Å²) in [6.07, 6.45) is 0.453. The van der Waals surface area contributed by atoms with Crippen molar-refractivity contribution < 1.29 is 14.4 Å². The topological polar surface area (TPSA) is 60.9 Å². The smallest absolute Gasteiger partial charge is 0.270 e. The van der Waals surface area contributed by atoms with Gasteiger partial charge in [-0.25, -0.2) is 0 Å². The number of fused-ring (bicyclic) bond motifs is 3. The van der Waals surface area contributed by atoms with E-state index in [2.05, 4.69) is 0 Å². The van der Waals surface area contributed by atoms with Gasteiger partial charge in [0.05, 0.1) is 21.3 Å². The third kappa shape index (κ3) is 2.97. The summed E-state index contributed by atoms with van der Waals surface area (Å²) in [5.41, 5.74) is 0.372. The molecule has 0 radical (unpaired) electrons. The first kappa shape index (κ1) is 20.7. The summed E-state index contributed by atoms with van der Waals surface area (Å²) in [5, 5.41) is 0.843. The zero-order chi connectivity index (χ0) is 21.6. The Labute approximate surface area is 184 Å². The summed E-state index contributed by atoms with van der Waals surface area (Å²) in [4.78, 5) is 44.5. The van der Waals surface area contributed by atoms with Crippen LogP contribution < -0.4 is 4.90 Å². The number of halogens is 2. The van der Waals surface area contributed by atoms with E-state index in [1.165, 1.54) is 14.7 Å². The van der Waals surface area contributed by atoms with Gasteiger partial charge in [0.2, 0.25) is 11.6 Å². The van der Waals surface area contributed by atoms with Gasteiger partial charge in [-0.1, -0.05) is 41.4 Å². The van der Waals surface area contributed by atoms with E-state index in [1.54, 1.807) is 49.5 Å². The lowest BCUT2D eigenvalue weighted by atomic mass is 9.95. The van der Waals surface area contributed by atoms with E-state index in [-0.39, 0.29) is 37.1 Å². The lowest BCUT2D eigenvalue weighted by Gasteiger charge is -2.50. The summed E-state index contributed by atoms with van der Waals surface area (Å²) in [6.45, 7) is 2.40. The maximum absolute atomic E-state index is 13.8. The van der Waals surface area contributed by atoms with E-state index in [0.717, 1.165) is 5.56 Å². The SMILES string of the molecule is CCN1C(=O)c2ccccc2N2C(=O)CCC12C(=O)N(C)Cc1ccc(Cl)c(Cl)c1. The molecular weight excluding hydrogens is 425 g/mol. The van der Waals surface area contributed by atoms with Gasteiger partial charge in [-0.15, -0.1) is 0 Å². The Bertz CT molecular complexity index is 1060. The highest BCUT2D eigenvalue weighted by Gasteiger charge is 2.61. The highest BCUT2D eigenvalue weighted by atomic mass is 35.5. The number of benzene rings is 2. The number of amides is 3. The summed E-state index contributed by atoms with van der Waals surface area (Å²) in [6, 6.07) is 12.1. The fourth-order valence-electron chi connectivity index (χ4n) is 4.48. The number of carbonyl (C=O) groups excluding carboxylic acids is 3. The summed E-state index contributed by atoms with van der Waals surface area (Å²) < 4.78 is 0. The molecule has 6 nitrogen and oxygen atoms in total. The zero-order valence-corrected chi connectivity index (χ0v) is 18.2. The van der Waals surface area contributed by atoms with E-state index in [9.17, 15) is 14.4 Å². The van der Waals surface area contributed by atoms with Crippen molar-refractivity contribution in [2.24, 2.45) is 0 Å². The largest absolute Gasteiger partial charge is 0.338 e. The second-order valence-corrected chi connectivity index (χ2v) is 8.34. The lowest BCUT2D eigenvalue weighted by molar-refractivity contribution is -0.143. The molecule has 2 aliphatic rings. The average molecular weight is 446 g/mol. The predicted octanol–water partition coefficient (Wildman–Crippen LogP) is 3.95. The second-order valence-electron chi connectivity index (χ2n) is 7.52. The van der Waals surface area contributed by atoms with Crippen molar-refractivity contribution in [3.63, 3.8) is 0 Å². The van der Waals surface area contributed by atoms with Gasteiger partial charge in [-0.05, 0) is 36.8 Å². The number of para-hydroxylation sites is 1. The molecule has 0 N–H and O–H groups in total. The molecule has 30 heavy (non-hydrogen) atoms. The zero-order valence-electron chi connectivity index (χ0n) is 16.7. The second kappa shape index (κ2) is 7.60. The Balaban J connectivity index is 1.76. The Morgan fingerprint density at radius 1 is 1.13 bits per heavy atom. The van der Waals surface area contributed by atoms with Crippen molar-refractivity contribution in [2.45, 2.75) is 32.0 Å². The molecule has 0 aromatic heterocycles. The van der Waals surface area contributed by atoms with Crippen molar-refractivity contribution in [1.29, 1.82) is 0 Å². The monoisotopic (exact) mass is 445 g/mol. The number of carbonyl (C=O) groups is 3. The van der Waals surface area contributed by atoms with E-state index in [1.807, 2.05) is 6.92 Å². The molecular formula is C22H21Cl2N3O3. The standard InChI is InChI=1S/C22H21Cl2N3O3/c1-3-26-20(29)15-6-4-5-7-18(15)27-19(28)10-11-22(26,27)21(30)25(2)13-14-8-9-16(23)17(24)12-14/h4-9,12H,3,10-11,13H2,1-2H3. The molecule has 8 heteroatoms. The molecule has 0 saturated carbocycles. The van der Waals surface area contributed by atoms with Crippen molar-refractivity contribution in [1.82, 2.24) is 9.80 Å². The highest BCUT2D eigenvalue weighted by Crippen LogP contribution is 2.45. The maximum atomic E-state index is 13.8. The minimum atomic E-state index is -1.36. The minimum Gasteiger partial charge on any atom is -0.338 e. The summed E-state index contributed by atoms with van der Waals surface area (Å²) in [7, 11) is 1.67. The Morgan fingerprint density at radius 3 is 2.57 bits per heavy atom. The van der Waals surface area contributed by atoms with Gasteiger partial charge in [0, 0.05) is 33.0 Å².